The van der Waals surface area contributed by atoms with Crippen LogP contribution in [0.3, 0.4) is 0 Å². The summed E-state index contributed by atoms with van der Waals surface area (Å²) < 4.78 is 5.76. The highest BCUT2D eigenvalue weighted by molar-refractivity contribution is 7.14. The Hall–Kier alpha value is -2.73. The van der Waals surface area contributed by atoms with E-state index in [-0.39, 0.29) is 11.7 Å². The molecule has 2 aromatic heterocycles. The summed E-state index contributed by atoms with van der Waals surface area (Å²) in [6.45, 7) is 5.98. The summed E-state index contributed by atoms with van der Waals surface area (Å²) in [5.41, 5.74) is 2.28. The van der Waals surface area contributed by atoms with Gasteiger partial charge < -0.3 is 4.42 Å². The summed E-state index contributed by atoms with van der Waals surface area (Å²) in [6.07, 6.45) is 3.85. The Bertz CT molecular complexity index is 984. The van der Waals surface area contributed by atoms with E-state index < -0.39 is 0 Å². The number of fused-ring (bicyclic) bond motifs is 1. The number of carbonyl (C=O) groups excluding carboxylic acids is 2. The zero-order valence-corrected chi connectivity index (χ0v) is 15.8. The predicted octanol–water partition coefficient (Wildman–Crippen LogP) is 4.72. The van der Waals surface area contributed by atoms with Crippen molar-refractivity contribution in [3.63, 3.8) is 0 Å². The van der Waals surface area contributed by atoms with Crippen LogP contribution in [0.2, 0.25) is 0 Å². The van der Waals surface area contributed by atoms with Gasteiger partial charge in [-0.2, -0.15) is 0 Å². The number of ketones is 1. The number of aromatic nitrogens is 1. The third-order valence-electron chi connectivity index (χ3n) is 4.12. The number of rotatable bonds is 6. The first-order chi connectivity index (χ1) is 12.5. The zero-order valence-electron chi connectivity index (χ0n) is 15.0. The Morgan fingerprint density at radius 1 is 1.27 bits per heavy atom. The van der Waals surface area contributed by atoms with Crippen molar-refractivity contribution >= 4 is 45.2 Å². The molecule has 3 aromatic rings. The molecular weight excluding hydrogens is 348 g/mol. The van der Waals surface area contributed by atoms with Gasteiger partial charge in [0.2, 0.25) is 11.7 Å². The number of benzene rings is 1. The Morgan fingerprint density at radius 3 is 2.73 bits per heavy atom. The Balaban J connectivity index is 1.84. The Labute approximate surface area is 156 Å². The minimum atomic E-state index is -0.188. The first kappa shape index (κ1) is 18.1. The van der Waals surface area contributed by atoms with Gasteiger partial charge in [0.25, 0.3) is 0 Å². The molecule has 0 saturated heterocycles. The van der Waals surface area contributed by atoms with Crippen LogP contribution in [0, 0.1) is 0 Å². The van der Waals surface area contributed by atoms with Crippen LogP contribution >= 0.6 is 11.3 Å². The van der Waals surface area contributed by atoms with Crippen molar-refractivity contribution in [3.05, 3.63) is 52.7 Å². The maximum Gasteiger partial charge on any atom is 0.225 e. The lowest BCUT2D eigenvalue weighted by Crippen LogP contribution is -2.27. The second-order valence-corrected chi connectivity index (χ2v) is 6.61. The van der Waals surface area contributed by atoms with Gasteiger partial charge in [0.15, 0.2) is 10.9 Å². The number of amides is 1. The van der Waals surface area contributed by atoms with Gasteiger partial charge in [-0.1, -0.05) is 25.1 Å². The smallest absolute Gasteiger partial charge is 0.225 e. The molecule has 0 spiro atoms. The van der Waals surface area contributed by atoms with E-state index >= 15 is 0 Å². The molecule has 0 saturated carbocycles. The van der Waals surface area contributed by atoms with E-state index in [1.165, 1.54) is 24.3 Å². The summed E-state index contributed by atoms with van der Waals surface area (Å²) >= 11 is 1.38. The molecule has 0 aliphatic carbocycles. The summed E-state index contributed by atoms with van der Waals surface area (Å²) in [7, 11) is 0. The number of hydrogen-bond donors (Lipinski definition) is 0. The Morgan fingerprint density at radius 2 is 2.04 bits per heavy atom. The van der Waals surface area contributed by atoms with Crippen molar-refractivity contribution in [2.45, 2.75) is 27.2 Å². The van der Waals surface area contributed by atoms with Gasteiger partial charge in [-0.25, -0.2) is 4.98 Å². The van der Waals surface area contributed by atoms with E-state index in [1.54, 1.807) is 11.0 Å². The van der Waals surface area contributed by atoms with Crippen LogP contribution in [0.15, 0.2) is 40.1 Å². The number of hydrogen-bond acceptors (Lipinski definition) is 5. The molecule has 0 fully saturated rings. The second kappa shape index (κ2) is 7.66. The van der Waals surface area contributed by atoms with E-state index in [1.807, 2.05) is 43.5 Å². The Kier molecular flexibility index (Phi) is 5.32. The van der Waals surface area contributed by atoms with Gasteiger partial charge in [0, 0.05) is 29.8 Å². The van der Waals surface area contributed by atoms with E-state index in [9.17, 15) is 9.59 Å². The molecule has 1 aromatic carbocycles. The number of para-hydroxylation sites is 1. The molecule has 5 nitrogen and oxygen atoms in total. The maximum absolute atomic E-state index is 12.6. The third-order valence-corrected chi connectivity index (χ3v) is 5.00. The number of allylic oxidation sites excluding steroid dienone is 1. The average molecular weight is 368 g/mol. The van der Waals surface area contributed by atoms with Crippen LogP contribution in [0.5, 0.6) is 0 Å². The monoisotopic (exact) mass is 368 g/mol. The van der Waals surface area contributed by atoms with Crippen molar-refractivity contribution in [1.82, 2.24) is 4.98 Å². The summed E-state index contributed by atoms with van der Waals surface area (Å²) in [5.74, 6) is 0.133. The topological polar surface area (TPSA) is 63.4 Å². The number of anilines is 1. The standard InChI is InChI=1S/C20H20N2O3S/c1-4-15-16-8-6-7-9-18(16)25-19(15)17(24)11-10-14-12-26-20(21-14)22(5-2)13(3)23/h6-12H,4-5H2,1-3H3/b11-10+. The first-order valence-corrected chi connectivity index (χ1v) is 9.39. The lowest BCUT2D eigenvalue weighted by atomic mass is 10.1. The van der Waals surface area contributed by atoms with Crippen LogP contribution in [-0.2, 0) is 11.2 Å². The highest BCUT2D eigenvalue weighted by atomic mass is 32.1. The van der Waals surface area contributed by atoms with E-state index in [2.05, 4.69) is 4.98 Å². The molecule has 26 heavy (non-hydrogen) atoms. The molecule has 0 radical (unpaired) electrons. The predicted molar refractivity (Wildman–Crippen MR) is 105 cm³/mol. The van der Waals surface area contributed by atoms with Gasteiger partial charge in [-0.05, 0) is 31.6 Å². The fourth-order valence-corrected chi connectivity index (χ4v) is 3.76. The van der Waals surface area contributed by atoms with Gasteiger partial charge in [0.1, 0.15) is 5.58 Å². The van der Waals surface area contributed by atoms with Gasteiger partial charge in [0.05, 0.1) is 5.69 Å². The number of carbonyl (C=O) groups is 2. The molecule has 6 heteroatoms. The SMILES string of the molecule is CCc1c(C(=O)/C=C/c2csc(N(CC)C(C)=O)n2)oc2ccccc12. The maximum atomic E-state index is 12.6. The first-order valence-electron chi connectivity index (χ1n) is 8.51. The number of thiazole rings is 1. The van der Waals surface area contributed by atoms with Crippen LogP contribution in [0.4, 0.5) is 5.13 Å². The van der Waals surface area contributed by atoms with Gasteiger partial charge in [-0.15, -0.1) is 11.3 Å². The van der Waals surface area contributed by atoms with Crippen molar-refractivity contribution in [2.24, 2.45) is 0 Å². The summed E-state index contributed by atoms with van der Waals surface area (Å²) in [5, 5.41) is 3.43. The second-order valence-electron chi connectivity index (χ2n) is 5.78. The molecule has 0 aliphatic rings. The molecule has 1 amide bonds. The van der Waals surface area contributed by atoms with Crippen LogP contribution in [0.1, 0.15) is 42.6 Å². The van der Waals surface area contributed by atoms with E-state index in [0.29, 0.717) is 23.1 Å². The fraction of sp³-hybridized carbons (Fsp3) is 0.250. The number of aryl methyl sites for hydroxylation is 1. The number of nitrogens with zero attached hydrogens (tertiary/aromatic N) is 2. The van der Waals surface area contributed by atoms with Crippen LogP contribution in [0.25, 0.3) is 17.0 Å². The lowest BCUT2D eigenvalue weighted by Gasteiger charge is -2.14. The average Bonchev–Trinajstić information content (AvgIpc) is 3.24. The lowest BCUT2D eigenvalue weighted by molar-refractivity contribution is -0.116. The molecule has 3 rings (SSSR count). The highest BCUT2D eigenvalue weighted by Crippen LogP contribution is 2.27. The van der Waals surface area contributed by atoms with Crippen molar-refractivity contribution in [3.8, 4) is 0 Å². The molecule has 134 valence electrons. The summed E-state index contributed by atoms with van der Waals surface area (Å²) in [4.78, 5) is 30.2. The summed E-state index contributed by atoms with van der Waals surface area (Å²) in [6, 6.07) is 7.65. The van der Waals surface area contributed by atoms with Crippen LogP contribution in [-0.4, -0.2) is 23.2 Å². The molecule has 0 atom stereocenters. The molecule has 2 heterocycles. The van der Waals surface area contributed by atoms with Gasteiger partial charge >= 0.3 is 0 Å². The highest BCUT2D eigenvalue weighted by Gasteiger charge is 2.17. The van der Waals surface area contributed by atoms with Crippen molar-refractivity contribution < 1.29 is 14.0 Å². The molecule has 0 unspecified atom stereocenters. The van der Waals surface area contributed by atoms with E-state index in [4.69, 9.17) is 4.42 Å². The fourth-order valence-electron chi connectivity index (χ4n) is 2.85. The zero-order chi connectivity index (χ0) is 18.7. The molecule has 0 N–H and O–H groups in total. The van der Waals surface area contributed by atoms with Crippen LogP contribution < -0.4 is 4.90 Å². The largest absolute Gasteiger partial charge is 0.452 e. The molecular formula is C20H20N2O3S. The minimum absolute atomic E-state index is 0.0525. The third kappa shape index (κ3) is 3.46. The van der Waals surface area contributed by atoms with Gasteiger partial charge in [-0.3, -0.25) is 14.5 Å². The minimum Gasteiger partial charge on any atom is -0.452 e. The van der Waals surface area contributed by atoms with Crippen molar-refractivity contribution in [1.29, 1.82) is 0 Å². The quantitative estimate of drug-likeness (QED) is 0.466. The normalized spacial score (nSPS) is 11.3. The molecule has 0 aliphatic heterocycles. The van der Waals surface area contributed by atoms with E-state index in [0.717, 1.165) is 23.0 Å². The number of furan rings is 1. The molecule has 0 bridgehead atoms. The van der Waals surface area contributed by atoms with Crippen molar-refractivity contribution in [2.75, 3.05) is 11.4 Å².